The van der Waals surface area contributed by atoms with Crippen molar-refractivity contribution in [2.24, 2.45) is 0 Å². The molecule has 4 nitrogen and oxygen atoms in total. The predicted octanol–water partition coefficient (Wildman–Crippen LogP) is 2.38. The highest BCUT2D eigenvalue weighted by atomic mass is 16.5. The van der Waals surface area contributed by atoms with Crippen LogP contribution in [-0.2, 0) is 11.3 Å². The second kappa shape index (κ2) is 7.35. The second-order valence-electron chi connectivity index (χ2n) is 4.10. The van der Waals surface area contributed by atoms with E-state index < -0.39 is 0 Å². The molecule has 4 heteroatoms. The number of nitrogens with zero attached hydrogens (tertiary/aromatic N) is 2. The van der Waals surface area contributed by atoms with Gasteiger partial charge in [0.1, 0.15) is 6.10 Å². The molecule has 1 unspecified atom stereocenters. The minimum Gasteiger partial charge on any atom is -0.371 e. The number of rotatable bonds is 7. The summed E-state index contributed by atoms with van der Waals surface area (Å²) in [4.78, 5) is 8.97. The van der Waals surface area contributed by atoms with Gasteiger partial charge in [-0.05, 0) is 27.3 Å². The first-order valence-corrected chi connectivity index (χ1v) is 6.31. The van der Waals surface area contributed by atoms with Crippen LogP contribution in [0.4, 0.5) is 0 Å². The fourth-order valence-corrected chi connectivity index (χ4v) is 1.78. The van der Waals surface area contributed by atoms with Crippen molar-refractivity contribution in [3.05, 3.63) is 23.3 Å². The summed E-state index contributed by atoms with van der Waals surface area (Å²) in [5.41, 5.74) is 2.17. The highest BCUT2D eigenvalue weighted by Gasteiger charge is 2.14. The molecule has 0 spiro atoms. The zero-order valence-electron chi connectivity index (χ0n) is 11.3. The van der Waals surface area contributed by atoms with Crippen LogP contribution in [0, 0.1) is 6.92 Å². The van der Waals surface area contributed by atoms with E-state index in [2.05, 4.69) is 22.2 Å². The smallest absolute Gasteiger partial charge is 0.157 e. The summed E-state index contributed by atoms with van der Waals surface area (Å²) >= 11 is 0. The van der Waals surface area contributed by atoms with Gasteiger partial charge in [0, 0.05) is 30.6 Å². The Morgan fingerprint density at radius 2 is 2.18 bits per heavy atom. The van der Waals surface area contributed by atoms with Crippen molar-refractivity contribution in [3.8, 4) is 0 Å². The van der Waals surface area contributed by atoms with Crippen molar-refractivity contribution in [2.75, 3.05) is 13.7 Å². The quantitative estimate of drug-likeness (QED) is 0.791. The number of aromatic nitrogens is 2. The highest BCUT2D eigenvalue weighted by molar-refractivity contribution is 5.16. The molecule has 0 radical (unpaired) electrons. The predicted molar refractivity (Wildman–Crippen MR) is 68.8 cm³/mol. The average Bonchev–Trinajstić information content (AvgIpc) is 2.32. The number of hydrogen-bond donors (Lipinski definition) is 1. The Morgan fingerprint density at radius 3 is 2.71 bits per heavy atom. The SMILES string of the molecule is CCCC(OCC)c1ncc(CNC)c(C)n1. The summed E-state index contributed by atoms with van der Waals surface area (Å²) in [6.45, 7) is 7.68. The molecular weight excluding hydrogens is 214 g/mol. The molecule has 0 fully saturated rings. The lowest BCUT2D eigenvalue weighted by molar-refractivity contribution is 0.0492. The van der Waals surface area contributed by atoms with Crippen LogP contribution in [0.15, 0.2) is 6.20 Å². The molecule has 0 aliphatic heterocycles. The van der Waals surface area contributed by atoms with Gasteiger partial charge in [-0.1, -0.05) is 13.3 Å². The van der Waals surface area contributed by atoms with Gasteiger partial charge < -0.3 is 10.1 Å². The summed E-state index contributed by atoms with van der Waals surface area (Å²) in [6, 6.07) is 0. The van der Waals surface area contributed by atoms with E-state index >= 15 is 0 Å². The fraction of sp³-hybridized carbons (Fsp3) is 0.692. The zero-order valence-corrected chi connectivity index (χ0v) is 11.3. The molecule has 1 rings (SSSR count). The minimum absolute atomic E-state index is 0.0346. The molecule has 0 aliphatic carbocycles. The van der Waals surface area contributed by atoms with E-state index in [0.717, 1.165) is 36.5 Å². The topological polar surface area (TPSA) is 47.0 Å². The van der Waals surface area contributed by atoms with Crippen LogP contribution in [-0.4, -0.2) is 23.6 Å². The van der Waals surface area contributed by atoms with E-state index in [9.17, 15) is 0 Å². The zero-order chi connectivity index (χ0) is 12.7. The third kappa shape index (κ3) is 4.06. The molecule has 0 saturated carbocycles. The maximum atomic E-state index is 5.68. The van der Waals surface area contributed by atoms with Gasteiger partial charge in [-0.15, -0.1) is 0 Å². The molecule has 1 aromatic heterocycles. The number of ether oxygens (including phenoxy) is 1. The van der Waals surface area contributed by atoms with Crippen molar-refractivity contribution in [2.45, 2.75) is 46.3 Å². The summed E-state index contributed by atoms with van der Waals surface area (Å²) < 4.78 is 5.68. The molecule has 17 heavy (non-hydrogen) atoms. The highest BCUT2D eigenvalue weighted by Crippen LogP contribution is 2.20. The normalized spacial score (nSPS) is 12.7. The molecule has 0 amide bonds. The van der Waals surface area contributed by atoms with E-state index in [1.165, 1.54) is 0 Å². The molecule has 0 bridgehead atoms. The molecule has 0 saturated heterocycles. The molecule has 1 N–H and O–H groups in total. The summed E-state index contributed by atoms with van der Waals surface area (Å²) in [5, 5.41) is 3.11. The van der Waals surface area contributed by atoms with E-state index in [1.54, 1.807) is 0 Å². The lowest BCUT2D eigenvalue weighted by Gasteiger charge is -2.16. The van der Waals surface area contributed by atoms with Gasteiger partial charge in [0.25, 0.3) is 0 Å². The van der Waals surface area contributed by atoms with Gasteiger partial charge in [-0.2, -0.15) is 0 Å². The largest absolute Gasteiger partial charge is 0.371 e. The van der Waals surface area contributed by atoms with Crippen LogP contribution < -0.4 is 5.32 Å². The Balaban J connectivity index is 2.85. The van der Waals surface area contributed by atoms with Gasteiger partial charge in [-0.3, -0.25) is 0 Å². The summed E-state index contributed by atoms with van der Waals surface area (Å²) in [6.07, 6.45) is 3.98. The van der Waals surface area contributed by atoms with Crippen LogP contribution in [0.1, 0.15) is 49.9 Å². The molecule has 96 valence electrons. The van der Waals surface area contributed by atoms with E-state index in [0.29, 0.717) is 6.61 Å². The first kappa shape index (κ1) is 14.1. The van der Waals surface area contributed by atoms with Gasteiger partial charge in [0.15, 0.2) is 5.82 Å². The van der Waals surface area contributed by atoms with Crippen LogP contribution in [0.3, 0.4) is 0 Å². The monoisotopic (exact) mass is 237 g/mol. The Morgan fingerprint density at radius 1 is 1.41 bits per heavy atom. The maximum absolute atomic E-state index is 5.68. The Hall–Kier alpha value is -1.00. The van der Waals surface area contributed by atoms with Gasteiger partial charge in [-0.25, -0.2) is 9.97 Å². The fourth-order valence-electron chi connectivity index (χ4n) is 1.78. The number of hydrogen-bond acceptors (Lipinski definition) is 4. The van der Waals surface area contributed by atoms with E-state index in [4.69, 9.17) is 4.74 Å². The van der Waals surface area contributed by atoms with Crippen molar-refractivity contribution in [1.29, 1.82) is 0 Å². The molecular formula is C13H23N3O. The van der Waals surface area contributed by atoms with Gasteiger partial charge in [0.05, 0.1) is 0 Å². The van der Waals surface area contributed by atoms with E-state index in [1.807, 2.05) is 27.1 Å². The van der Waals surface area contributed by atoms with Crippen molar-refractivity contribution in [3.63, 3.8) is 0 Å². The van der Waals surface area contributed by atoms with Crippen LogP contribution in [0.25, 0.3) is 0 Å². The average molecular weight is 237 g/mol. The third-order valence-corrected chi connectivity index (χ3v) is 2.67. The Kier molecular flexibility index (Phi) is 6.08. The molecule has 1 atom stereocenters. The van der Waals surface area contributed by atoms with Gasteiger partial charge >= 0.3 is 0 Å². The Bertz CT molecular complexity index is 335. The molecule has 1 heterocycles. The standard InChI is InChI=1S/C13H23N3O/c1-5-7-12(17-6-2)13-15-9-11(8-14-4)10(3)16-13/h9,12,14H,5-8H2,1-4H3. The van der Waals surface area contributed by atoms with Crippen LogP contribution in [0.5, 0.6) is 0 Å². The maximum Gasteiger partial charge on any atom is 0.157 e. The second-order valence-corrected chi connectivity index (χ2v) is 4.10. The minimum atomic E-state index is 0.0346. The lowest BCUT2D eigenvalue weighted by atomic mass is 10.1. The summed E-state index contributed by atoms with van der Waals surface area (Å²) in [5.74, 6) is 0.811. The number of aryl methyl sites for hydroxylation is 1. The van der Waals surface area contributed by atoms with Crippen LogP contribution in [0.2, 0.25) is 0 Å². The summed E-state index contributed by atoms with van der Waals surface area (Å²) in [7, 11) is 1.92. The van der Waals surface area contributed by atoms with Crippen LogP contribution >= 0.6 is 0 Å². The van der Waals surface area contributed by atoms with E-state index in [-0.39, 0.29) is 6.10 Å². The Labute approximate surface area is 104 Å². The third-order valence-electron chi connectivity index (χ3n) is 2.67. The lowest BCUT2D eigenvalue weighted by Crippen LogP contribution is -2.13. The molecule has 0 aromatic carbocycles. The first-order valence-electron chi connectivity index (χ1n) is 6.31. The van der Waals surface area contributed by atoms with Crippen molar-refractivity contribution >= 4 is 0 Å². The van der Waals surface area contributed by atoms with Gasteiger partial charge in [0.2, 0.25) is 0 Å². The molecule has 1 aromatic rings. The molecule has 0 aliphatic rings. The number of nitrogens with one attached hydrogen (secondary N) is 1. The first-order chi connectivity index (χ1) is 8.22. The van der Waals surface area contributed by atoms with Crippen molar-refractivity contribution in [1.82, 2.24) is 15.3 Å². The van der Waals surface area contributed by atoms with Crippen molar-refractivity contribution < 1.29 is 4.74 Å².